The van der Waals surface area contributed by atoms with Crippen LogP contribution < -0.4 is 0 Å². The van der Waals surface area contributed by atoms with Crippen molar-refractivity contribution in [3.8, 4) is 0 Å². The maximum Gasteiger partial charge on any atom is 0.260 e. The molecule has 2 bridgehead atoms. The fourth-order valence-corrected chi connectivity index (χ4v) is 2.66. The number of nitrogens with zero attached hydrogens (tertiary/aromatic N) is 1. The van der Waals surface area contributed by atoms with Crippen LogP contribution in [0.15, 0.2) is 23.3 Å². The SMILES string of the molecule is CN1C(=O)C2=C(C1=O)C1(C)C=CC2(C)O1. The first-order chi connectivity index (χ1) is 6.89. The topological polar surface area (TPSA) is 46.6 Å². The lowest BCUT2D eigenvalue weighted by Crippen LogP contribution is -2.38. The van der Waals surface area contributed by atoms with Gasteiger partial charge in [-0.05, 0) is 26.0 Å². The number of ether oxygens (including phenoxy) is 1. The summed E-state index contributed by atoms with van der Waals surface area (Å²) in [5.41, 5.74) is -0.386. The maximum atomic E-state index is 11.9. The third-order valence-electron chi connectivity index (χ3n) is 3.42. The summed E-state index contributed by atoms with van der Waals surface area (Å²) in [5, 5.41) is 0. The second kappa shape index (κ2) is 2.07. The number of likely N-dealkylation sites (N-methyl/N-ethyl adjacent to an activating group) is 1. The zero-order valence-corrected chi connectivity index (χ0v) is 8.83. The van der Waals surface area contributed by atoms with Crippen molar-refractivity contribution in [2.45, 2.75) is 25.0 Å². The Morgan fingerprint density at radius 1 is 1.07 bits per heavy atom. The average molecular weight is 205 g/mol. The lowest BCUT2D eigenvalue weighted by molar-refractivity contribution is -0.139. The number of hydrogen-bond acceptors (Lipinski definition) is 3. The molecule has 3 aliphatic heterocycles. The lowest BCUT2D eigenvalue weighted by atomic mass is 9.85. The van der Waals surface area contributed by atoms with Gasteiger partial charge < -0.3 is 4.74 Å². The predicted molar refractivity (Wildman–Crippen MR) is 51.8 cm³/mol. The minimum atomic E-state index is -0.707. The van der Waals surface area contributed by atoms with Crippen molar-refractivity contribution in [1.29, 1.82) is 0 Å². The van der Waals surface area contributed by atoms with Gasteiger partial charge in [-0.25, -0.2) is 0 Å². The van der Waals surface area contributed by atoms with Crippen LogP contribution >= 0.6 is 0 Å². The highest BCUT2D eigenvalue weighted by Crippen LogP contribution is 2.52. The van der Waals surface area contributed by atoms with Crippen LogP contribution in [0.4, 0.5) is 0 Å². The van der Waals surface area contributed by atoms with Gasteiger partial charge in [0.15, 0.2) is 0 Å². The second-order valence-electron chi connectivity index (χ2n) is 4.57. The van der Waals surface area contributed by atoms with Gasteiger partial charge in [0.1, 0.15) is 11.2 Å². The first-order valence-electron chi connectivity index (χ1n) is 4.87. The van der Waals surface area contributed by atoms with Crippen LogP contribution in [0.1, 0.15) is 13.8 Å². The summed E-state index contributed by atoms with van der Waals surface area (Å²) in [7, 11) is 1.51. The van der Waals surface area contributed by atoms with Crippen LogP contribution in [0, 0.1) is 0 Å². The number of rotatable bonds is 0. The molecule has 0 aromatic carbocycles. The predicted octanol–water partition coefficient (Wildman–Crippen LogP) is 0.399. The van der Waals surface area contributed by atoms with E-state index >= 15 is 0 Å². The monoisotopic (exact) mass is 205 g/mol. The molecule has 4 nitrogen and oxygen atoms in total. The maximum absolute atomic E-state index is 11.9. The van der Waals surface area contributed by atoms with Crippen LogP contribution in [0.2, 0.25) is 0 Å². The average Bonchev–Trinajstić information content (AvgIpc) is 2.67. The molecule has 0 saturated carbocycles. The van der Waals surface area contributed by atoms with Gasteiger partial charge in [0.2, 0.25) is 0 Å². The molecular weight excluding hydrogens is 194 g/mol. The molecule has 4 heteroatoms. The molecule has 3 aliphatic rings. The number of amides is 2. The molecule has 2 atom stereocenters. The quantitative estimate of drug-likeness (QED) is 0.425. The van der Waals surface area contributed by atoms with Gasteiger partial charge in [-0.3, -0.25) is 14.5 Å². The molecule has 2 unspecified atom stereocenters. The molecule has 0 aromatic heterocycles. The van der Waals surface area contributed by atoms with E-state index in [4.69, 9.17) is 4.74 Å². The zero-order valence-electron chi connectivity index (χ0n) is 8.83. The Morgan fingerprint density at radius 2 is 1.47 bits per heavy atom. The van der Waals surface area contributed by atoms with Crippen molar-refractivity contribution in [2.75, 3.05) is 7.05 Å². The third-order valence-corrected chi connectivity index (χ3v) is 3.42. The summed E-state index contributed by atoms with van der Waals surface area (Å²) in [6, 6.07) is 0. The van der Waals surface area contributed by atoms with E-state index in [1.54, 1.807) is 0 Å². The van der Waals surface area contributed by atoms with Crippen LogP contribution in [0.25, 0.3) is 0 Å². The largest absolute Gasteiger partial charge is 0.351 e. The summed E-state index contributed by atoms with van der Waals surface area (Å²) < 4.78 is 5.75. The van der Waals surface area contributed by atoms with Crippen LogP contribution in [-0.4, -0.2) is 35.0 Å². The number of carbonyl (C=O) groups excluding carboxylic acids is 2. The molecule has 15 heavy (non-hydrogen) atoms. The van der Waals surface area contributed by atoms with Gasteiger partial charge in [0.05, 0.1) is 11.1 Å². The number of hydrogen-bond donors (Lipinski definition) is 0. The van der Waals surface area contributed by atoms with E-state index in [9.17, 15) is 9.59 Å². The number of fused-ring (bicyclic) bond motifs is 4. The van der Waals surface area contributed by atoms with E-state index < -0.39 is 11.2 Å². The summed E-state index contributed by atoms with van der Waals surface area (Å²) in [6.07, 6.45) is 3.71. The van der Waals surface area contributed by atoms with Crippen LogP contribution in [0.5, 0.6) is 0 Å². The minimum absolute atomic E-state index is 0.231. The minimum Gasteiger partial charge on any atom is -0.351 e. The second-order valence-corrected chi connectivity index (χ2v) is 4.57. The Bertz CT molecular complexity index is 436. The van der Waals surface area contributed by atoms with Gasteiger partial charge in [0.25, 0.3) is 11.8 Å². The molecule has 0 radical (unpaired) electrons. The Hall–Kier alpha value is -1.42. The molecule has 78 valence electrons. The fraction of sp³-hybridized carbons (Fsp3) is 0.455. The molecule has 0 aromatic rings. The molecule has 0 fully saturated rings. The summed E-state index contributed by atoms with van der Waals surface area (Å²) in [5.74, 6) is -0.462. The van der Waals surface area contributed by atoms with E-state index in [2.05, 4.69) is 0 Å². The molecule has 0 spiro atoms. The Balaban J connectivity index is 2.28. The number of imide groups is 1. The van der Waals surface area contributed by atoms with Gasteiger partial charge in [-0.2, -0.15) is 0 Å². The van der Waals surface area contributed by atoms with Crippen molar-refractivity contribution >= 4 is 11.8 Å². The first kappa shape index (κ1) is 8.85. The molecule has 3 heterocycles. The van der Waals surface area contributed by atoms with E-state index in [0.717, 1.165) is 4.90 Å². The van der Waals surface area contributed by atoms with Crippen LogP contribution in [-0.2, 0) is 14.3 Å². The number of carbonyl (C=O) groups is 2. The normalized spacial score (nSPS) is 42.2. The zero-order chi connectivity index (χ0) is 11.0. The van der Waals surface area contributed by atoms with Crippen molar-refractivity contribution < 1.29 is 14.3 Å². The highest BCUT2D eigenvalue weighted by Gasteiger charge is 2.61. The Kier molecular flexibility index (Phi) is 1.22. The van der Waals surface area contributed by atoms with Crippen molar-refractivity contribution in [3.05, 3.63) is 23.3 Å². The highest BCUT2D eigenvalue weighted by molar-refractivity contribution is 6.22. The van der Waals surface area contributed by atoms with E-state index in [0.29, 0.717) is 11.1 Å². The Labute approximate surface area is 87.2 Å². The van der Waals surface area contributed by atoms with Gasteiger partial charge in [0, 0.05) is 7.05 Å². The molecular formula is C11H11NO3. The van der Waals surface area contributed by atoms with Crippen molar-refractivity contribution in [2.24, 2.45) is 0 Å². The molecule has 0 aliphatic carbocycles. The van der Waals surface area contributed by atoms with Gasteiger partial charge >= 0.3 is 0 Å². The lowest BCUT2D eigenvalue weighted by Gasteiger charge is -2.24. The third kappa shape index (κ3) is 0.741. The first-order valence-corrected chi connectivity index (χ1v) is 4.87. The molecule has 2 amide bonds. The summed E-state index contributed by atoms with van der Waals surface area (Å²) in [6.45, 7) is 3.64. The van der Waals surface area contributed by atoms with Crippen molar-refractivity contribution in [1.82, 2.24) is 4.90 Å². The standard InChI is InChI=1S/C11H11NO3/c1-10-4-5-11(2,15-10)7-6(10)8(13)12(3)9(7)14/h4-5H,1-3H3. The molecule has 0 N–H and O–H groups in total. The summed E-state index contributed by atoms with van der Waals surface area (Å²) >= 11 is 0. The van der Waals surface area contributed by atoms with E-state index in [1.807, 2.05) is 26.0 Å². The van der Waals surface area contributed by atoms with E-state index in [-0.39, 0.29) is 11.8 Å². The Morgan fingerprint density at radius 3 is 1.87 bits per heavy atom. The van der Waals surface area contributed by atoms with Crippen molar-refractivity contribution in [3.63, 3.8) is 0 Å². The molecule has 3 rings (SSSR count). The highest BCUT2D eigenvalue weighted by atomic mass is 16.5. The van der Waals surface area contributed by atoms with Crippen LogP contribution in [0.3, 0.4) is 0 Å². The van der Waals surface area contributed by atoms with Gasteiger partial charge in [-0.15, -0.1) is 0 Å². The smallest absolute Gasteiger partial charge is 0.260 e. The van der Waals surface area contributed by atoms with Gasteiger partial charge in [-0.1, -0.05) is 0 Å². The molecule has 0 saturated heterocycles. The van der Waals surface area contributed by atoms with E-state index in [1.165, 1.54) is 7.05 Å². The summed E-state index contributed by atoms with van der Waals surface area (Å²) in [4.78, 5) is 24.9. The fourth-order valence-electron chi connectivity index (χ4n) is 2.66.